The number of hydrogen-bond acceptors (Lipinski definition) is 2. The minimum absolute atomic E-state index is 0.525. The van der Waals surface area contributed by atoms with E-state index in [1.54, 1.807) is 0 Å². The molecule has 0 unspecified atom stereocenters. The predicted molar refractivity (Wildman–Crippen MR) is 60.3 cm³/mol. The summed E-state index contributed by atoms with van der Waals surface area (Å²) in [5.41, 5.74) is 1.33. The van der Waals surface area contributed by atoms with Gasteiger partial charge in [0.05, 0.1) is 0 Å². The summed E-state index contributed by atoms with van der Waals surface area (Å²) in [6.07, 6.45) is 1.88. The molecule has 0 bridgehead atoms. The maximum absolute atomic E-state index is 10.8. The Morgan fingerprint density at radius 1 is 1.07 bits per heavy atom. The van der Waals surface area contributed by atoms with E-state index in [2.05, 4.69) is 12.1 Å². The van der Waals surface area contributed by atoms with Crippen molar-refractivity contribution in [2.75, 3.05) is 13.1 Å². The lowest BCUT2D eigenvalue weighted by atomic mass is 9.90. The van der Waals surface area contributed by atoms with Crippen molar-refractivity contribution in [3.8, 4) is 0 Å². The van der Waals surface area contributed by atoms with Crippen LogP contribution < -0.4 is 0 Å². The van der Waals surface area contributed by atoms with Crippen LogP contribution in [0.3, 0.4) is 0 Å². The minimum Gasteiger partial charge on any atom is -0.215 e. The van der Waals surface area contributed by atoms with E-state index in [1.807, 2.05) is 18.2 Å². The maximum Gasteiger partial charge on any atom is 0.203 e. The third kappa shape index (κ3) is 2.58. The van der Waals surface area contributed by atoms with Gasteiger partial charge in [-0.1, -0.05) is 30.3 Å². The highest BCUT2D eigenvalue weighted by molar-refractivity contribution is 7.69. The van der Waals surface area contributed by atoms with Gasteiger partial charge in [-0.15, -0.1) is 0 Å². The Balaban J connectivity index is 2.00. The normalized spacial score (nSPS) is 19.5. The highest BCUT2D eigenvalue weighted by Gasteiger charge is 2.21. The van der Waals surface area contributed by atoms with Gasteiger partial charge in [-0.3, -0.25) is 0 Å². The van der Waals surface area contributed by atoms with E-state index in [0.717, 1.165) is 12.8 Å². The van der Waals surface area contributed by atoms with Crippen LogP contribution in [0.4, 0.5) is 0 Å². The fourth-order valence-corrected chi connectivity index (χ4v) is 2.65. The Morgan fingerprint density at radius 3 is 2.20 bits per heavy atom. The molecule has 0 aromatic heterocycles. The van der Waals surface area contributed by atoms with E-state index in [1.165, 1.54) is 9.87 Å². The van der Waals surface area contributed by atoms with E-state index in [9.17, 15) is 8.42 Å². The molecule has 1 aromatic carbocycles. The number of thiol groups is 1. The Morgan fingerprint density at radius 2 is 1.67 bits per heavy atom. The molecule has 1 fully saturated rings. The molecule has 1 heterocycles. The van der Waals surface area contributed by atoms with Crippen LogP contribution in [0.15, 0.2) is 30.3 Å². The van der Waals surface area contributed by atoms with Crippen molar-refractivity contribution in [1.29, 1.82) is 0 Å². The highest BCUT2D eigenvalue weighted by Crippen LogP contribution is 2.27. The maximum atomic E-state index is 10.8. The molecule has 1 aromatic rings. The molecule has 4 heteroatoms. The number of rotatable bonds is 2. The zero-order valence-electron chi connectivity index (χ0n) is 8.50. The largest absolute Gasteiger partial charge is 0.215 e. The predicted octanol–water partition coefficient (Wildman–Crippen LogP) is 1.39. The Kier molecular flexibility index (Phi) is 3.38. The molecule has 15 heavy (non-hydrogen) atoms. The van der Waals surface area contributed by atoms with Crippen LogP contribution >= 0.6 is 0 Å². The van der Waals surface area contributed by atoms with E-state index in [0.29, 0.717) is 19.0 Å². The fourth-order valence-electron chi connectivity index (χ4n) is 2.09. The molecule has 0 atom stereocenters. The molecule has 2 rings (SSSR count). The molecule has 0 N–H and O–H groups in total. The van der Waals surface area contributed by atoms with Crippen LogP contribution in [0.25, 0.3) is 0 Å². The average molecular weight is 225 g/mol. The summed E-state index contributed by atoms with van der Waals surface area (Å²) in [4.78, 5) is 0. The monoisotopic (exact) mass is 225 g/mol. The first-order valence-electron chi connectivity index (χ1n) is 5.21. The van der Waals surface area contributed by atoms with Gasteiger partial charge in [-0.2, -0.15) is 0 Å². The van der Waals surface area contributed by atoms with Crippen LogP contribution in [0.2, 0.25) is 0 Å². The van der Waals surface area contributed by atoms with Crippen LogP contribution in [0.5, 0.6) is 0 Å². The smallest absolute Gasteiger partial charge is 0.203 e. The summed E-state index contributed by atoms with van der Waals surface area (Å²) in [7, 11) is -2.37. The van der Waals surface area contributed by atoms with Crippen LogP contribution in [-0.4, -0.2) is 25.8 Å². The lowest BCUT2D eigenvalue weighted by molar-refractivity contribution is 0.327. The van der Waals surface area contributed by atoms with Crippen molar-refractivity contribution in [2.24, 2.45) is 0 Å². The molecule has 3 nitrogen and oxygen atoms in total. The summed E-state index contributed by atoms with van der Waals surface area (Å²) in [6.45, 7) is 1.33. The zero-order valence-corrected chi connectivity index (χ0v) is 9.40. The number of benzene rings is 1. The second-order valence-corrected chi connectivity index (χ2v) is 4.92. The van der Waals surface area contributed by atoms with Crippen molar-refractivity contribution in [1.82, 2.24) is 4.31 Å². The highest BCUT2D eigenvalue weighted by atomic mass is 32.2. The summed E-state index contributed by atoms with van der Waals surface area (Å²) in [5.74, 6) is 0.525. The molecule has 1 aliphatic heterocycles. The second kappa shape index (κ2) is 4.77. The van der Waals surface area contributed by atoms with Gasteiger partial charge in [0, 0.05) is 13.1 Å². The van der Waals surface area contributed by atoms with Gasteiger partial charge in [0.15, 0.2) is 0 Å². The lowest BCUT2D eigenvalue weighted by Gasteiger charge is -2.27. The van der Waals surface area contributed by atoms with E-state index >= 15 is 0 Å². The lowest BCUT2D eigenvalue weighted by Crippen LogP contribution is -2.31. The van der Waals surface area contributed by atoms with Gasteiger partial charge in [0.25, 0.3) is 0 Å². The quantitative estimate of drug-likeness (QED) is 0.772. The van der Waals surface area contributed by atoms with Crippen molar-refractivity contribution < 1.29 is 8.42 Å². The van der Waals surface area contributed by atoms with Crippen LogP contribution in [-0.2, 0) is 10.9 Å². The molecule has 1 aliphatic rings. The first-order valence-corrected chi connectivity index (χ1v) is 6.34. The van der Waals surface area contributed by atoms with Crippen LogP contribution in [0, 0.1) is 0 Å². The van der Waals surface area contributed by atoms with E-state index in [4.69, 9.17) is 0 Å². The zero-order chi connectivity index (χ0) is 10.7. The third-order valence-corrected chi connectivity index (χ3v) is 3.84. The first-order chi connectivity index (χ1) is 7.27. The average Bonchev–Trinajstić information content (AvgIpc) is 2.30. The molecule has 0 radical (unpaired) electrons. The third-order valence-electron chi connectivity index (χ3n) is 2.97. The molecule has 1 saturated heterocycles. The molecule has 0 saturated carbocycles. The summed E-state index contributed by atoms with van der Waals surface area (Å²) in [5, 5.41) is 0. The van der Waals surface area contributed by atoms with Gasteiger partial charge in [-0.05, 0) is 24.3 Å². The van der Waals surface area contributed by atoms with Crippen molar-refractivity contribution in [2.45, 2.75) is 18.8 Å². The van der Waals surface area contributed by atoms with E-state index in [-0.39, 0.29) is 0 Å². The number of nitrogens with zero attached hydrogens (tertiary/aromatic N) is 1. The van der Waals surface area contributed by atoms with E-state index < -0.39 is 10.9 Å². The standard InChI is InChI=1S/C11H15NO2S/c13-15(14)12-8-6-11(7-9-12)10-4-2-1-3-5-10/h1-5,11,15H,6-9H2. The molecule has 0 amide bonds. The molecule has 82 valence electrons. The van der Waals surface area contributed by atoms with Gasteiger partial charge >= 0.3 is 0 Å². The Hall–Kier alpha value is -0.870. The second-order valence-electron chi connectivity index (χ2n) is 3.88. The van der Waals surface area contributed by atoms with Gasteiger partial charge in [0.2, 0.25) is 10.9 Å². The molecule has 0 aliphatic carbocycles. The van der Waals surface area contributed by atoms with Crippen molar-refractivity contribution in [3.63, 3.8) is 0 Å². The molecular formula is C11H15NO2S. The number of hydrogen-bond donors (Lipinski definition) is 1. The fraction of sp³-hybridized carbons (Fsp3) is 0.455. The van der Waals surface area contributed by atoms with Gasteiger partial charge < -0.3 is 0 Å². The minimum atomic E-state index is -2.37. The first kappa shape index (κ1) is 10.6. The summed E-state index contributed by atoms with van der Waals surface area (Å²) < 4.78 is 23.1. The van der Waals surface area contributed by atoms with Crippen molar-refractivity contribution >= 4 is 10.9 Å². The topological polar surface area (TPSA) is 37.4 Å². The Labute approximate surface area is 91.8 Å². The summed E-state index contributed by atoms with van der Waals surface area (Å²) >= 11 is 0. The molecular weight excluding hydrogens is 210 g/mol. The SMILES string of the molecule is O=[SH](=O)N1CCC(c2ccccc2)CC1. The number of piperidine rings is 1. The van der Waals surface area contributed by atoms with Crippen LogP contribution in [0.1, 0.15) is 24.3 Å². The Bertz CT molecular complexity index is 373. The molecule has 0 spiro atoms. The van der Waals surface area contributed by atoms with Gasteiger partial charge in [0.1, 0.15) is 0 Å². The van der Waals surface area contributed by atoms with Crippen molar-refractivity contribution in [3.05, 3.63) is 35.9 Å². The van der Waals surface area contributed by atoms with Gasteiger partial charge in [-0.25, -0.2) is 12.7 Å². The summed E-state index contributed by atoms with van der Waals surface area (Å²) in [6, 6.07) is 10.3.